The van der Waals surface area contributed by atoms with Crippen LogP contribution in [-0.4, -0.2) is 21.3 Å². The van der Waals surface area contributed by atoms with E-state index in [9.17, 15) is 4.79 Å². The van der Waals surface area contributed by atoms with Crippen LogP contribution in [0, 0.1) is 5.41 Å². The van der Waals surface area contributed by atoms with Gasteiger partial charge in [0.2, 0.25) is 5.91 Å². The molecule has 1 saturated heterocycles. The quantitative estimate of drug-likeness (QED) is 0.927. The molecule has 108 valence electrons. The van der Waals surface area contributed by atoms with Crippen molar-refractivity contribution in [2.45, 2.75) is 18.6 Å². The Morgan fingerprint density at radius 2 is 2.19 bits per heavy atom. The fraction of sp³-hybridized carbons (Fsp3) is 0.214. The highest BCUT2D eigenvalue weighted by Crippen LogP contribution is 2.34. The summed E-state index contributed by atoms with van der Waals surface area (Å²) in [6.07, 6.45) is 2.42. The molecule has 4 nitrogen and oxygen atoms in total. The molecule has 21 heavy (non-hydrogen) atoms. The van der Waals surface area contributed by atoms with Crippen LogP contribution in [0.5, 0.6) is 0 Å². The van der Waals surface area contributed by atoms with E-state index in [1.165, 1.54) is 28.0 Å². The molecular formula is C14H12ClN3OS2. The summed E-state index contributed by atoms with van der Waals surface area (Å²) < 4.78 is 0. The Kier molecular flexibility index (Phi) is 4.01. The van der Waals surface area contributed by atoms with Gasteiger partial charge in [0.1, 0.15) is 0 Å². The van der Waals surface area contributed by atoms with Crippen molar-refractivity contribution in [3.8, 4) is 0 Å². The van der Waals surface area contributed by atoms with Gasteiger partial charge in [-0.15, -0.1) is 11.3 Å². The maximum Gasteiger partial charge on any atom is 0.248 e. The Labute approximate surface area is 135 Å². The van der Waals surface area contributed by atoms with Crippen LogP contribution in [0.3, 0.4) is 0 Å². The fourth-order valence-electron chi connectivity index (χ4n) is 2.05. The van der Waals surface area contributed by atoms with Crippen LogP contribution in [-0.2, 0) is 11.2 Å². The summed E-state index contributed by atoms with van der Waals surface area (Å²) in [4.78, 5) is 18.7. The van der Waals surface area contributed by atoms with E-state index in [1.54, 1.807) is 13.1 Å². The van der Waals surface area contributed by atoms with Crippen LogP contribution in [0.2, 0.25) is 5.02 Å². The number of benzene rings is 1. The average molecular weight is 338 g/mol. The molecule has 1 aliphatic heterocycles. The molecule has 1 aromatic heterocycles. The number of anilines is 1. The Morgan fingerprint density at radius 3 is 2.86 bits per heavy atom. The first-order chi connectivity index (χ1) is 10.1. The number of nitrogens with one attached hydrogen (secondary N) is 1. The molecule has 0 unspecified atom stereocenters. The van der Waals surface area contributed by atoms with Gasteiger partial charge >= 0.3 is 0 Å². The van der Waals surface area contributed by atoms with Crippen LogP contribution in [0.1, 0.15) is 17.4 Å². The normalized spacial score (nSPS) is 18.6. The van der Waals surface area contributed by atoms with E-state index in [2.05, 4.69) is 4.98 Å². The number of thioether (sulfide) groups is 1. The summed E-state index contributed by atoms with van der Waals surface area (Å²) in [5.74, 6) is -0.0800. The lowest BCUT2D eigenvalue weighted by molar-refractivity contribution is -0.116. The van der Waals surface area contributed by atoms with E-state index < -0.39 is 0 Å². The number of aromatic nitrogens is 1. The molecule has 0 aliphatic carbocycles. The summed E-state index contributed by atoms with van der Waals surface area (Å²) in [7, 11) is 0. The second-order valence-electron chi connectivity index (χ2n) is 4.62. The summed E-state index contributed by atoms with van der Waals surface area (Å²) >= 11 is 8.83. The predicted octanol–water partition coefficient (Wildman–Crippen LogP) is 3.79. The Hall–Kier alpha value is -1.37. The third-order valence-electron chi connectivity index (χ3n) is 3.11. The van der Waals surface area contributed by atoms with Gasteiger partial charge in [-0.05, 0) is 18.6 Å². The van der Waals surface area contributed by atoms with E-state index in [4.69, 9.17) is 17.0 Å². The number of thiazole rings is 1. The molecule has 1 amide bonds. The van der Waals surface area contributed by atoms with Crippen LogP contribution < -0.4 is 4.90 Å². The smallest absolute Gasteiger partial charge is 0.248 e. The Balaban J connectivity index is 1.83. The van der Waals surface area contributed by atoms with E-state index in [0.717, 1.165) is 15.5 Å². The second kappa shape index (κ2) is 5.79. The first-order valence-electron chi connectivity index (χ1n) is 6.33. The minimum Gasteiger partial charge on any atom is -0.278 e. The molecule has 7 heteroatoms. The van der Waals surface area contributed by atoms with Gasteiger partial charge in [-0.2, -0.15) is 0 Å². The standard InChI is InChI=1S/C14H12ClN3OS2/c1-8-12(19)18(13(16)20-8)14-17-7-10(21-14)6-9-4-2-3-5-11(9)15/h2-5,7-8,16H,6H2,1H3/t8-/m1/s1. The maximum atomic E-state index is 12.0. The number of amidine groups is 1. The molecule has 1 atom stereocenters. The highest BCUT2D eigenvalue weighted by Gasteiger charge is 2.36. The SMILES string of the molecule is C[C@H]1SC(=N)N(c2ncc(Cc3ccccc3Cl)s2)C1=O. The van der Waals surface area contributed by atoms with Gasteiger partial charge in [-0.25, -0.2) is 9.88 Å². The van der Waals surface area contributed by atoms with Crippen LogP contribution in [0.25, 0.3) is 0 Å². The van der Waals surface area contributed by atoms with Gasteiger partial charge in [-0.3, -0.25) is 10.2 Å². The van der Waals surface area contributed by atoms with Crippen molar-refractivity contribution in [3.63, 3.8) is 0 Å². The van der Waals surface area contributed by atoms with Gasteiger partial charge in [0, 0.05) is 22.5 Å². The molecule has 1 N–H and O–H groups in total. The lowest BCUT2D eigenvalue weighted by atomic mass is 10.1. The summed E-state index contributed by atoms with van der Waals surface area (Å²) in [6.45, 7) is 1.81. The largest absolute Gasteiger partial charge is 0.278 e. The van der Waals surface area contributed by atoms with Crippen molar-refractivity contribution in [1.82, 2.24) is 4.98 Å². The molecule has 0 saturated carbocycles. The van der Waals surface area contributed by atoms with Crippen molar-refractivity contribution in [3.05, 3.63) is 45.9 Å². The lowest BCUT2D eigenvalue weighted by Crippen LogP contribution is -2.30. The number of rotatable bonds is 3. The molecule has 1 fully saturated rings. The van der Waals surface area contributed by atoms with Crippen molar-refractivity contribution >= 4 is 50.9 Å². The first kappa shape index (κ1) is 14.6. The zero-order valence-corrected chi connectivity index (χ0v) is 13.6. The topological polar surface area (TPSA) is 57.1 Å². The number of carbonyl (C=O) groups excluding carboxylic acids is 1. The minimum absolute atomic E-state index is 0.0800. The maximum absolute atomic E-state index is 12.0. The summed E-state index contributed by atoms with van der Waals surface area (Å²) in [6, 6.07) is 7.67. The summed E-state index contributed by atoms with van der Waals surface area (Å²) in [5.41, 5.74) is 1.03. The highest BCUT2D eigenvalue weighted by atomic mass is 35.5. The minimum atomic E-state index is -0.214. The van der Waals surface area contributed by atoms with Crippen LogP contribution in [0.15, 0.2) is 30.5 Å². The van der Waals surface area contributed by atoms with Gasteiger partial charge in [0.15, 0.2) is 10.3 Å². The number of carbonyl (C=O) groups is 1. The zero-order valence-electron chi connectivity index (χ0n) is 11.2. The molecule has 0 bridgehead atoms. The van der Waals surface area contributed by atoms with Crippen molar-refractivity contribution in [2.75, 3.05) is 4.90 Å². The highest BCUT2D eigenvalue weighted by molar-refractivity contribution is 8.16. The van der Waals surface area contributed by atoms with Gasteiger partial charge < -0.3 is 0 Å². The molecule has 1 aromatic carbocycles. The fourth-order valence-corrected chi connectivity index (χ4v) is 4.07. The number of halogens is 1. The van der Waals surface area contributed by atoms with E-state index in [0.29, 0.717) is 11.6 Å². The second-order valence-corrected chi connectivity index (χ2v) is 7.45. The monoisotopic (exact) mass is 337 g/mol. The van der Waals surface area contributed by atoms with E-state index in [-0.39, 0.29) is 16.3 Å². The molecule has 1 aliphatic rings. The number of hydrogen-bond acceptors (Lipinski definition) is 5. The van der Waals surface area contributed by atoms with Crippen LogP contribution >= 0.6 is 34.7 Å². The number of hydrogen-bond donors (Lipinski definition) is 1. The Morgan fingerprint density at radius 1 is 1.43 bits per heavy atom. The Bertz CT molecular complexity index is 716. The van der Waals surface area contributed by atoms with Crippen molar-refractivity contribution in [2.24, 2.45) is 0 Å². The molecule has 2 heterocycles. The number of amides is 1. The van der Waals surface area contributed by atoms with E-state index >= 15 is 0 Å². The van der Waals surface area contributed by atoms with Crippen LogP contribution in [0.4, 0.5) is 5.13 Å². The van der Waals surface area contributed by atoms with Crippen molar-refractivity contribution in [1.29, 1.82) is 5.41 Å². The summed E-state index contributed by atoms with van der Waals surface area (Å²) in [5, 5.41) is 9.19. The third kappa shape index (κ3) is 2.84. The molecule has 0 spiro atoms. The van der Waals surface area contributed by atoms with Gasteiger partial charge in [-0.1, -0.05) is 41.6 Å². The molecule has 0 radical (unpaired) electrons. The lowest BCUT2D eigenvalue weighted by Gasteiger charge is -2.10. The molecule has 3 rings (SSSR count). The first-order valence-corrected chi connectivity index (χ1v) is 8.41. The van der Waals surface area contributed by atoms with E-state index in [1.807, 2.05) is 24.3 Å². The van der Waals surface area contributed by atoms with Gasteiger partial charge in [0.25, 0.3) is 0 Å². The van der Waals surface area contributed by atoms with Gasteiger partial charge in [0.05, 0.1) is 5.25 Å². The third-order valence-corrected chi connectivity index (χ3v) is 5.43. The van der Waals surface area contributed by atoms with Crippen molar-refractivity contribution < 1.29 is 4.79 Å². The predicted molar refractivity (Wildman–Crippen MR) is 88.6 cm³/mol. The molecule has 2 aromatic rings. The average Bonchev–Trinajstić information content (AvgIpc) is 2.98. The number of nitrogens with zero attached hydrogens (tertiary/aromatic N) is 2. The zero-order chi connectivity index (χ0) is 15.0. The molecular weight excluding hydrogens is 326 g/mol.